The van der Waals surface area contributed by atoms with Crippen LogP contribution in [0.25, 0.3) is 0 Å². The highest BCUT2D eigenvalue weighted by Crippen LogP contribution is 2.09. The SMILES string of the molecule is NC(N)=NCCCC(NC(=O)C(N)CCC(=O)O)C(=O)NC(Cc1ccccc1)C(=O)NC(Cc1ccccc1)C(=O)O. The van der Waals surface area contributed by atoms with Gasteiger partial charge >= 0.3 is 11.9 Å². The molecule has 4 atom stereocenters. The van der Waals surface area contributed by atoms with Gasteiger partial charge in [0, 0.05) is 25.8 Å². The molecule has 0 aromatic heterocycles. The van der Waals surface area contributed by atoms with Gasteiger partial charge in [-0.15, -0.1) is 0 Å². The van der Waals surface area contributed by atoms with E-state index in [0.29, 0.717) is 11.1 Å². The summed E-state index contributed by atoms with van der Waals surface area (Å²) in [5, 5.41) is 26.4. The van der Waals surface area contributed by atoms with E-state index in [1.807, 2.05) is 0 Å². The smallest absolute Gasteiger partial charge is 0.326 e. The van der Waals surface area contributed by atoms with Gasteiger partial charge in [-0.3, -0.25) is 24.2 Å². The van der Waals surface area contributed by atoms with Crippen molar-refractivity contribution in [3.8, 4) is 0 Å². The van der Waals surface area contributed by atoms with Crippen LogP contribution < -0.4 is 33.2 Å². The summed E-state index contributed by atoms with van der Waals surface area (Å²) in [6.07, 6.45) is -0.113. The lowest BCUT2D eigenvalue weighted by atomic mass is 10.0. The number of benzene rings is 2. The van der Waals surface area contributed by atoms with Crippen LogP contribution in [0.3, 0.4) is 0 Å². The van der Waals surface area contributed by atoms with E-state index in [9.17, 15) is 29.1 Å². The molecule has 0 aliphatic heterocycles. The molecule has 0 heterocycles. The molecule has 4 unspecified atom stereocenters. The quantitative estimate of drug-likeness (QED) is 0.0606. The summed E-state index contributed by atoms with van der Waals surface area (Å²) in [6.45, 7) is 0.154. The number of carbonyl (C=O) groups excluding carboxylic acids is 3. The Morgan fingerprint density at radius 1 is 0.698 bits per heavy atom. The van der Waals surface area contributed by atoms with Gasteiger partial charge in [-0.2, -0.15) is 0 Å². The Morgan fingerprint density at radius 2 is 1.19 bits per heavy atom. The van der Waals surface area contributed by atoms with Gasteiger partial charge in [-0.1, -0.05) is 60.7 Å². The number of hydrogen-bond donors (Lipinski definition) is 8. The van der Waals surface area contributed by atoms with E-state index >= 15 is 0 Å². The molecule has 0 fully saturated rings. The lowest BCUT2D eigenvalue weighted by molar-refractivity contribution is -0.142. The molecular formula is C29H39N7O7. The average molecular weight is 598 g/mol. The lowest BCUT2D eigenvalue weighted by Gasteiger charge is -2.25. The second-order valence-corrected chi connectivity index (χ2v) is 9.89. The fraction of sp³-hybridized carbons (Fsp3) is 0.379. The van der Waals surface area contributed by atoms with Crippen molar-refractivity contribution in [3.05, 3.63) is 71.8 Å². The van der Waals surface area contributed by atoms with Crippen LogP contribution in [0.1, 0.15) is 36.8 Å². The van der Waals surface area contributed by atoms with Crippen LogP contribution in [0.4, 0.5) is 0 Å². The van der Waals surface area contributed by atoms with Crippen LogP contribution in [0.15, 0.2) is 65.7 Å². The van der Waals surface area contributed by atoms with E-state index < -0.39 is 53.8 Å². The van der Waals surface area contributed by atoms with E-state index in [4.69, 9.17) is 22.3 Å². The molecule has 2 aromatic carbocycles. The first-order valence-electron chi connectivity index (χ1n) is 13.7. The van der Waals surface area contributed by atoms with Gasteiger partial charge < -0.3 is 43.4 Å². The second kappa shape index (κ2) is 17.7. The maximum Gasteiger partial charge on any atom is 0.326 e. The number of rotatable bonds is 18. The highest BCUT2D eigenvalue weighted by molar-refractivity contribution is 5.94. The number of guanidine groups is 1. The Balaban J connectivity index is 2.25. The van der Waals surface area contributed by atoms with Gasteiger partial charge in [0.1, 0.15) is 18.1 Å². The molecule has 2 aromatic rings. The van der Waals surface area contributed by atoms with Crippen molar-refractivity contribution in [2.75, 3.05) is 6.54 Å². The average Bonchev–Trinajstić information content (AvgIpc) is 2.97. The number of carboxylic acid groups (broad SMARTS) is 2. The van der Waals surface area contributed by atoms with Crippen molar-refractivity contribution >= 4 is 35.6 Å². The van der Waals surface area contributed by atoms with Crippen LogP contribution >= 0.6 is 0 Å². The molecule has 14 heteroatoms. The first-order valence-corrected chi connectivity index (χ1v) is 13.7. The minimum atomic E-state index is -1.27. The fourth-order valence-corrected chi connectivity index (χ4v) is 4.11. The molecule has 0 saturated carbocycles. The van der Waals surface area contributed by atoms with Gasteiger partial charge in [-0.05, 0) is 30.4 Å². The van der Waals surface area contributed by atoms with E-state index in [2.05, 4.69) is 20.9 Å². The van der Waals surface area contributed by atoms with Crippen molar-refractivity contribution in [3.63, 3.8) is 0 Å². The minimum Gasteiger partial charge on any atom is -0.481 e. The summed E-state index contributed by atoms with van der Waals surface area (Å²) < 4.78 is 0. The Morgan fingerprint density at radius 3 is 1.70 bits per heavy atom. The highest BCUT2D eigenvalue weighted by Gasteiger charge is 2.30. The number of aliphatic imine (C=N–C) groups is 1. The zero-order valence-corrected chi connectivity index (χ0v) is 23.6. The van der Waals surface area contributed by atoms with Crippen molar-refractivity contribution in [1.29, 1.82) is 0 Å². The van der Waals surface area contributed by atoms with E-state index in [0.717, 1.165) is 0 Å². The summed E-state index contributed by atoms with van der Waals surface area (Å²) in [6, 6.07) is 12.7. The zero-order valence-electron chi connectivity index (χ0n) is 23.6. The largest absolute Gasteiger partial charge is 0.481 e. The number of amides is 3. The summed E-state index contributed by atoms with van der Waals surface area (Å²) in [5.74, 6) is -4.73. The standard InChI is InChI=1S/C29H39N7O7/c30-20(13-14-24(37)38)25(39)34-21(12-7-15-33-29(31)32)26(40)35-22(16-18-8-3-1-4-9-18)27(41)36-23(28(42)43)17-19-10-5-2-6-11-19/h1-6,8-11,20-23H,7,12-17,30H2,(H,34,39)(H,35,40)(H,36,41)(H,37,38)(H,42,43)(H4,31,32,33). The van der Waals surface area contributed by atoms with Crippen LogP contribution in [0.2, 0.25) is 0 Å². The van der Waals surface area contributed by atoms with Crippen molar-refractivity contribution < 1.29 is 34.2 Å². The van der Waals surface area contributed by atoms with Gasteiger partial charge in [0.15, 0.2) is 5.96 Å². The predicted octanol–water partition coefficient (Wildman–Crippen LogP) is -0.743. The molecule has 3 amide bonds. The number of aliphatic carboxylic acids is 2. The topological polar surface area (TPSA) is 252 Å². The molecule has 11 N–H and O–H groups in total. The molecule has 0 aliphatic rings. The van der Waals surface area contributed by atoms with Crippen LogP contribution in [0, 0.1) is 0 Å². The minimum absolute atomic E-state index is 0.0195. The van der Waals surface area contributed by atoms with Crippen molar-refractivity contribution in [2.24, 2.45) is 22.2 Å². The molecule has 232 valence electrons. The Bertz CT molecular complexity index is 1250. The maximum atomic E-state index is 13.5. The first kappa shape index (κ1) is 34.2. The number of nitrogens with zero attached hydrogens (tertiary/aromatic N) is 1. The number of carbonyl (C=O) groups is 5. The highest BCUT2D eigenvalue weighted by atomic mass is 16.4. The van der Waals surface area contributed by atoms with Gasteiger partial charge in [0.05, 0.1) is 6.04 Å². The fourth-order valence-electron chi connectivity index (χ4n) is 4.11. The molecule has 14 nitrogen and oxygen atoms in total. The van der Waals surface area contributed by atoms with Crippen LogP contribution in [0.5, 0.6) is 0 Å². The second-order valence-electron chi connectivity index (χ2n) is 9.89. The third-order valence-electron chi connectivity index (χ3n) is 6.40. The third kappa shape index (κ3) is 13.0. The molecule has 43 heavy (non-hydrogen) atoms. The van der Waals surface area contributed by atoms with E-state index in [1.54, 1.807) is 60.7 Å². The number of carboxylic acids is 2. The van der Waals surface area contributed by atoms with Gasteiger partial charge in [-0.25, -0.2) is 4.79 Å². The summed E-state index contributed by atoms with van der Waals surface area (Å²) in [5.41, 5.74) is 17.9. The molecule has 0 radical (unpaired) electrons. The summed E-state index contributed by atoms with van der Waals surface area (Å²) in [4.78, 5) is 66.3. The van der Waals surface area contributed by atoms with E-state index in [1.165, 1.54) is 0 Å². The van der Waals surface area contributed by atoms with Crippen LogP contribution in [-0.2, 0) is 36.8 Å². The van der Waals surface area contributed by atoms with Gasteiger partial charge in [0.2, 0.25) is 17.7 Å². The summed E-state index contributed by atoms with van der Waals surface area (Å²) >= 11 is 0. The number of hydrogen-bond acceptors (Lipinski definition) is 7. The predicted molar refractivity (Wildman–Crippen MR) is 158 cm³/mol. The van der Waals surface area contributed by atoms with Gasteiger partial charge in [0.25, 0.3) is 0 Å². The molecule has 2 rings (SSSR count). The molecule has 0 aliphatic carbocycles. The third-order valence-corrected chi connectivity index (χ3v) is 6.40. The maximum absolute atomic E-state index is 13.5. The summed E-state index contributed by atoms with van der Waals surface area (Å²) in [7, 11) is 0. The number of nitrogens with one attached hydrogen (secondary N) is 3. The molecule has 0 spiro atoms. The first-order chi connectivity index (χ1) is 20.5. The monoisotopic (exact) mass is 597 g/mol. The Hall–Kier alpha value is -4.98. The van der Waals surface area contributed by atoms with Crippen molar-refractivity contribution in [2.45, 2.75) is 62.7 Å². The Labute approximate surface area is 249 Å². The normalized spacial score (nSPS) is 13.4. The van der Waals surface area contributed by atoms with Crippen molar-refractivity contribution in [1.82, 2.24) is 16.0 Å². The van der Waals surface area contributed by atoms with Crippen LogP contribution in [-0.4, -0.2) is 76.5 Å². The molecule has 0 bridgehead atoms. The molecular weight excluding hydrogens is 558 g/mol. The molecule has 0 saturated heterocycles. The zero-order chi connectivity index (χ0) is 31.8. The number of nitrogens with two attached hydrogens (primary N) is 3. The Kier molecular flexibility index (Phi) is 14.1. The van der Waals surface area contributed by atoms with E-state index in [-0.39, 0.29) is 51.0 Å². The lowest BCUT2D eigenvalue weighted by Crippen LogP contribution is -2.57.